The number of aromatic nitrogens is 1. The number of hydrogen-bond donors (Lipinski definition) is 9. The number of hydrogen-bond acceptors (Lipinski definition) is 12. The highest BCUT2D eigenvalue weighted by Crippen LogP contribution is 2.58. The van der Waals surface area contributed by atoms with Crippen LogP contribution < -0.4 is 30.2 Å². The molecule has 0 amide bonds. The summed E-state index contributed by atoms with van der Waals surface area (Å²) in [6.07, 6.45) is 5.44. The molecule has 6 atom stereocenters. The summed E-state index contributed by atoms with van der Waals surface area (Å²) < 4.78 is 28.0. The Kier molecular flexibility index (Phi) is 13.8. The number of aliphatic hydroxyl groups excluding tert-OH is 2. The van der Waals surface area contributed by atoms with E-state index in [0.29, 0.717) is 99.7 Å². The van der Waals surface area contributed by atoms with E-state index in [9.17, 15) is 25.5 Å². The Hall–Kier alpha value is -5.30. The lowest BCUT2D eigenvalue weighted by atomic mass is 9.69. The van der Waals surface area contributed by atoms with E-state index in [-0.39, 0.29) is 44.0 Å². The first-order chi connectivity index (χ1) is 32.4. The second-order valence-corrected chi connectivity index (χ2v) is 19.6. The molecule has 9 rings (SSSR count). The number of aryl methyl sites for hydroxylation is 1. The minimum atomic E-state index is -1.22. The van der Waals surface area contributed by atoms with E-state index in [4.69, 9.17) is 18.9 Å². The molecule has 67 heavy (non-hydrogen) atoms. The molecule has 13 nitrogen and oxygen atoms in total. The zero-order valence-electron chi connectivity index (χ0n) is 39.1. The molecule has 1 aliphatic carbocycles. The molecule has 4 heterocycles. The van der Waals surface area contributed by atoms with Crippen LogP contribution in [0.2, 0.25) is 0 Å². The summed E-state index contributed by atoms with van der Waals surface area (Å²) in [4.78, 5) is 3.31. The molecular formula is C54H66N4O9. The summed E-state index contributed by atoms with van der Waals surface area (Å²) in [5, 5.41) is 65.9. The van der Waals surface area contributed by atoms with Crippen LogP contribution in [0.3, 0.4) is 0 Å². The van der Waals surface area contributed by atoms with Gasteiger partial charge in [0.25, 0.3) is 0 Å². The topological polar surface area (TPSA) is 190 Å². The first-order valence-corrected chi connectivity index (χ1v) is 24.0. The fourth-order valence-electron chi connectivity index (χ4n) is 11.1. The number of benzene rings is 4. The third kappa shape index (κ3) is 9.46. The summed E-state index contributed by atoms with van der Waals surface area (Å²) in [7, 11) is 1.84. The highest BCUT2D eigenvalue weighted by molar-refractivity contribution is 5.85. The lowest BCUT2D eigenvalue weighted by Crippen LogP contribution is -2.62. The number of rotatable bonds is 16. The summed E-state index contributed by atoms with van der Waals surface area (Å²) >= 11 is 0. The fourth-order valence-corrected chi connectivity index (χ4v) is 11.1. The maximum atomic E-state index is 11.6. The highest BCUT2D eigenvalue weighted by Gasteiger charge is 2.54. The third-order valence-corrected chi connectivity index (χ3v) is 13.9. The Bertz CT molecular complexity index is 2650. The van der Waals surface area contributed by atoms with Crippen LogP contribution in [0.1, 0.15) is 97.4 Å². The van der Waals surface area contributed by atoms with E-state index in [1.54, 1.807) is 6.07 Å². The number of aromatic hydroxyl groups is 2. The van der Waals surface area contributed by atoms with E-state index in [0.717, 1.165) is 49.8 Å². The largest absolute Gasteiger partial charge is 0.508 e. The zero-order chi connectivity index (χ0) is 46.9. The molecule has 1 aromatic heterocycles. The minimum Gasteiger partial charge on any atom is -0.508 e. The average Bonchev–Trinajstić information content (AvgIpc) is 3.78. The van der Waals surface area contributed by atoms with Crippen LogP contribution in [0.25, 0.3) is 22.0 Å². The van der Waals surface area contributed by atoms with Crippen LogP contribution in [-0.2, 0) is 36.8 Å². The number of phenolic OH excluding ortho intramolecular Hbond substituents is 2. The van der Waals surface area contributed by atoms with Gasteiger partial charge in [-0.3, -0.25) is 10.6 Å². The van der Waals surface area contributed by atoms with Crippen molar-refractivity contribution in [1.29, 1.82) is 0 Å². The van der Waals surface area contributed by atoms with Gasteiger partial charge in [0.2, 0.25) is 0 Å². The Morgan fingerprint density at radius 2 is 1.88 bits per heavy atom. The number of H-pyrrole nitrogens is 1. The quantitative estimate of drug-likeness (QED) is 0.0300. The lowest BCUT2D eigenvalue weighted by Gasteiger charge is -2.49. The summed E-state index contributed by atoms with van der Waals surface area (Å²) in [6, 6.07) is 17.4. The monoisotopic (exact) mass is 914 g/mol. The van der Waals surface area contributed by atoms with Crippen molar-refractivity contribution < 1.29 is 44.5 Å². The van der Waals surface area contributed by atoms with Gasteiger partial charge in [0.05, 0.1) is 25.5 Å². The molecule has 0 spiro atoms. The highest BCUT2D eigenvalue weighted by atomic mass is 16.6. The molecule has 13 heteroatoms. The van der Waals surface area contributed by atoms with Crippen molar-refractivity contribution in [2.24, 2.45) is 5.92 Å². The van der Waals surface area contributed by atoms with Gasteiger partial charge in [-0.05, 0) is 152 Å². The van der Waals surface area contributed by atoms with Crippen LogP contribution in [0.15, 0.2) is 60.8 Å². The van der Waals surface area contributed by atoms with Gasteiger partial charge in [-0.15, -0.1) is 0 Å². The fraction of sp³-hybridized carbons (Fsp3) is 0.481. The molecule has 5 aromatic rings. The van der Waals surface area contributed by atoms with E-state index in [2.05, 4.69) is 70.9 Å². The van der Waals surface area contributed by atoms with Crippen molar-refractivity contribution in [2.45, 2.75) is 114 Å². The Balaban J connectivity index is 1.25. The minimum absolute atomic E-state index is 0.0241. The number of fused-ring (bicyclic) bond motifs is 13. The molecule has 356 valence electrons. The number of ether oxygens (including phenoxy) is 4. The maximum Gasteiger partial charge on any atom is 0.161 e. The molecule has 0 radical (unpaired) electrons. The maximum absolute atomic E-state index is 11.6. The number of nitrogens with one attached hydrogen (secondary N) is 4. The molecule has 2 bridgehead atoms. The van der Waals surface area contributed by atoms with Gasteiger partial charge in [-0.1, -0.05) is 37.8 Å². The van der Waals surface area contributed by atoms with Crippen LogP contribution in [0, 0.1) is 17.8 Å². The number of aliphatic hydroxyl groups is 3. The number of aromatic amines is 1. The van der Waals surface area contributed by atoms with Crippen LogP contribution >= 0.6 is 0 Å². The van der Waals surface area contributed by atoms with Gasteiger partial charge in [0.1, 0.15) is 35.0 Å². The van der Waals surface area contributed by atoms with Gasteiger partial charge in [0, 0.05) is 61.1 Å². The lowest BCUT2D eigenvalue weighted by molar-refractivity contribution is -0.141. The Labute approximate surface area is 393 Å². The van der Waals surface area contributed by atoms with Crippen molar-refractivity contribution in [1.82, 2.24) is 20.9 Å². The second-order valence-electron chi connectivity index (χ2n) is 19.6. The van der Waals surface area contributed by atoms with Gasteiger partial charge >= 0.3 is 0 Å². The predicted octanol–water partition coefficient (Wildman–Crippen LogP) is 6.44. The van der Waals surface area contributed by atoms with Crippen molar-refractivity contribution in [2.75, 3.05) is 46.8 Å². The number of phenols is 2. The molecular weight excluding hydrogens is 849 g/mol. The van der Waals surface area contributed by atoms with Crippen LogP contribution in [0.4, 0.5) is 0 Å². The van der Waals surface area contributed by atoms with E-state index in [1.165, 1.54) is 5.56 Å². The molecule has 3 aliphatic heterocycles. The van der Waals surface area contributed by atoms with Crippen LogP contribution in [-0.4, -0.2) is 101 Å². The smallest absolute Gasteiger partial charge is 0.161 e. The van der Waals surface area contributed by atoms with Gasteiger partial charge in [-0.25, -0.2) is 0 Å². The van der Waals surface area contributed by atoms with E-state index < -0.39 is 29.5 Å². The first kappa shape index (κ1) is 46.8. The normalized spacial score (nSPS) is 22.6. The zero-order valence-corrected chi connectivity index (χ0v) is 39.1. The molecule has 4 aliphatic rings. The molecule has 0 unspecified atom stereocenters. The summed E-state index contributed by atoms with van der Waals surface area (Å²) in [5.41, 5.74) is 7.35. The Morgan fingerprint density at radius 3 is 2.69 bits per heavy atom. The summed E-state index contributed by atoms with van der Waals surface area (Å²) in [5.74, 6) is 9.17. The van der Waals surface area contributed by atoms with E-state index >= 15 is 0 Å². The van der Waals surface area contributed by atoms with Gasteiger partial charge < -0.3 is 54.8 Å². The second kappa shape index (κ2) is 19.7. The van der Waals surface area contributed by atoms with Gasteiger partial charge in [-0.2, -0.15) is 0 Å². The summed E-state index contributed by atoms with van der Waals surface area (Å²) in [6.45, 7) is 6.93. The van der Waals surface area contributed by atoms with Crippen molar-refractivity contribution in [3.05, 3.63) is 99.7 Å². The van der Waals surface area contributed by atoms with Gasteiger partial charge in [0.15, 0.2) is 17.6 Å². The van der Waals surface area contributed by atoms with E-state index in [1.807, 2.05) is 44.4 Å². The van der Waals surface area contributed by atoms with Crippen molar-refractivity contribution >= 4 is 10.9 Å². The van der Waals surface area contributed by atoms with Crippen molar-refractivity contribution in [3.63, 3.8) is 0 Å². The molecule has 0 saturated heterocycles. The SMILES string of the molecule is CNCO[C@]12Cc3c4c(c5c(c3O[C@@H]1c1cc(CCCO)c(O)c(c1)OCCC#C[C@@H]2NCNC[C@@](C)(O)CC(C)C)CC[C@H](CO)O5)-c1ccc(O)cc1[C@@H](Cc1ccc2[nH]ccc2c1)C4. The molecule has 0 fully saturated rings. The van der Waals surface area contributed by atoms with Crippen molar-refractivity contribution in [3.8, 4) is 51.7 Å². The molecule has 4 aromatic carbocycles. The third-order valence-electron chi connectivity index (χ3n) is 13.9. The standard InChI is InChI=1S/C54H66N4O9/c1-32(2)26-53(3,63)29-56-30-58-47-9-5-6-19-64-46-24-37(22-35(49(46)62)8-7-18-59)52-54(47,65-31-55-4)27-44-43-23-36(21-33-10-15-45-34(20-33)16-17-57-45)42-25-38(61)11-13-40(42)48(43)51-41(50(44)67-52)14-12-39(28-60)66-51/h10-11,13,15-17,20,22,24-25,32,36,39,47,52,55-63H,6-8,12,14,18-19,21,23,26-31H2,1-4H3/t36-,39+,47-,52+,53-,54-/m0/s1. The Morgan fingerprint density at radius 1 is 1.01 bits per heavy atom. The average molecular weight is 915 g/mol. The predicted molar refractivity (Wildman–Crippen MR) is 258 cm³/mol. The van der Waals surface area contributed by atoms with Crippen LogP contribution in [0.5, 0.6) is 28.7 Å². The molecule has 9 N–H and O–H groups in total. The first-order valence-electron chi connectivity index (χ1n) is 24.0. The molecule has 0 saturated carbocycles.